The maximum Gasteiger partial charge on any atom is 0.491 e. The minimum absolute atomic E-state index is 0.0472. The average molecular weight is 364 g/mol. The highest BCUT2D eigenvalue weighted by Gasteiger charge is 2.42. The van der Waals surface area contributed by atoms with Crippen molar-refractivity contribution in [1.82, 2.24) is 20.4 Å². The fourth-order valence-electron chi connectivity index (χ4n) is 2.34. The molecule has 0 bridgehead atoms. The Kier molecular flexibility index (Phi) is 3.42. The lowest BCUT2D eigenvalue weighted by molar-refractivity contribution is -0.189. The zero-order valence-corrected chi connectivity index (χ0v) is 13.0. The Bertz CT molecular complexity index is 1090. The maximum atomic E-state index is 12.3. The van der Waals surface area contributed by atoms with Crippen molar-refractivity contribution in [1.29, 1.82) is 0 Å². The van der Waals surface area contributed by atoms with Crippen molar-refractivity contribution in [3.8, 4) is 16.3 Å². The van der Waals surface area contributed by atoms with E-state index < -0.39 is 18.0 Å². The van der Waals surface area contributed by atoms with Crippen molar-refractivity contribution in [2.24, 2.45) is 0 Å². The fraction of sp³-hybridized carbons (Fsp3) is 0.0667. The van der Waals surface area contributed by atoms with Crippen LogP contribution in [0.4, 0.5) is 13.2 Å². The first kappa shape index (κ1) is 15.5. The number of nitrogens with zero attached hydrogens (tertiary/aromatic N) is 3. The summed E-state index contributed by atoms with van der Waals surface area (Å²) in [5.74, 6) is -2.93. The van der Waals surface area contributed by atoms with Gasteiger partial charge in [0.2, 0.25) is 0 Å². The summed E-state index contributed by atoms with van der Waals surface area (Å²) in [4.78, 5) is 12.0. The molecule has 4 rings (SSSR count). The molecule has 3 aromatic heterocycles. The Balaban J connectivity index is 1.79. The molecule has 0 aliphatic rings. The van der Waals surface area contributed by atoms with Gasteiger partial charge in [-0.2, -0.15) is 13.2 Å². The lowest BCUT2D eigenvalue weighted by atomic mass is 10.1. The predicted molar refractivity (Wildman–Crippen MR) is 84.2 cm³/mol. The number of hydrogen-bond acceptors (Lipinski definition) is 6. The first-order valence-electron chi connectivity index (χ1n) is 6.91. The molecule has 0 aliphatic carbocycles. The predicted octanol–water partition coefficient (Wildman–Crippen LogP) is 3.70. The number of hydrogen-bond donors (Lipinski definition) is 1. The maximum absolute atomic E-state index is 12.3. The topological polar surface area (TPSA) is 80.8 Å². The summed E-state index contributed by atoms with van der Waals surface area (Å²) in [6.07, 6.45) is -5.12. The molecular weight excluding hydrogens is 357 g/mol. The number of rotatable bonds is 2. The zero-order valence-electron chi connectivity index (χ0n) is 12.2. The molecule has 0 amide bonds. The number of thiophene rings is 1. The van der Waals surface area contributed by atoms with Crippen LogP contribution >= 0.6 is 11.3 Å². The quantitative estimate of drug-likeness (QED) is 0.549. The van der Waals surface area contributed by atoms with Crippen molar-refractivity contribution >= 4 is 39.2 Å². The third-order valence-electron chi connectivity index (χ3n) is 3.46. The average Bonchev–Trinajstić information content (AvgIpc) is 3.23. The molecule has 4 aromatic rings. The number of carbonyl (C=O) groups is 1. The molecule has 0 aliphatic heterocycles. The summed E-state index contributed by atoms with van der Waals surface area (Å²) < 4.78 is 41.2. The first-order valence-corrected chi connectivity index (χ1v) is 7.79. The number of halogens is 3. The van der Waals surface area contributed by atoms with Crippen molar-refractivity contribution < 1.29 is 22.7 Å². The summed E-state index contributed by atoms with van der Waals surface area (Å²) >= 11 is 1.57. The van der Waals surface area contributed by atoms with Crippen LogP contribution in [-0.2, 0) is 4.79 Å². The van der Waals surface area contributed by atoms with Gasteiger partial charge in [-0.15, -0.1) is 26.6 Å². The summed E-state index contributed by atoms with van der Waals surface area (Å²) in [6.45, 7) is 0. The lowest BCUT2D eigenvalue weighted by Crippen LogP contribution is -2.28. The molecule has 0 atom stereocenters. The molecule has 10 heteroatoms. The van der Waals surface area contributed by atoms with Crippen LogP contribution in [-0.4, -0.2) is 32.5 Å². The van der Waals surface area contributed by atoms with E-state index in [1.807, 2.05) is 29.6 Å². The van der Waals surface area contributed by atoms with E-state index in [-0.39, 0.29) is 5.52 Å². The Labute approximate surface area is 141 Å². The van der Waals surface area contributed by atoms with E-state index in [1.54, 1.807) is 17.4 Å². The van der Waals surface area contributed by atoms with Gasteiger partial charge in [0.25, 0.3) is 5.88 Å². The second-order valence-electron chi connectivity index (χ2n) is 5.05. The van der Waals surface area contributed by atoms with Crippen molar-refractivity contribution in [2.75, 3.05) is 0 Å². The van der Waals surface area contributed by atoms with E-state index >= 15 is 0 Å². The monoisotopic (exact) mass is 364 g/mol. The largest absolute Gasteiger partial charge is 0.491 e. The van der Waals surface area contributed by atoms with E-state index in [0.717, 1.165) is 10.4 Å². The number of alkyl halides is 3. The normalized spacial score (nSPS) is 12.0. The molecule has 0 radical (unpaired) electrons. The van der Waals surface area contributed by atoms with Crippen molar-refractivity contribution in [2.45, 2.75) is 6.18 Å². The van der Waals surface area contributed by atoms with Gasteiger partial charge in [-0.05, 0) is 29.1 Å². The third kappa shape index (κ3) is 2.70. The number of esters is 1. The summed E-state index contributed by atoms with van der Waals surface area (Å²) in [5, 5.41) is 16.5. The van der Waals surface area contributed by atoms with Gasteiger partial charge < -0.3 is 4.74 Å². The number of ether oxygens (including phenoxy) is 1. The molecule has 1 N–H and O–H groups in total. The van der Waals surface area contributed by atoms with Crippen LogP contribution in [0.2, 0.25) is 0 Å². The molecule has 126 valence electrons. The number of aromatic nitrogens is 4. The van der Waals surface area contributed by atoms with Gasteiger partial charge in [0.05, 0.1) is 11.0 Å². The van der Waals surface area contributed by atoms with Crippen LogP contribution in [0, 0.1) is 0 Å². The number of carbonyl (C=O) groups excluding carboxylic acids is 1. The van der Waals surface area contributed by atoms with Crippen LogP contribution in [0.25, 0.3) is 32.4 Å². The highest BCUT2D eigenvalue weighted by atomic mass is 32.1. The number of H-pyrrole nitrogens is 1. The Morgan fingerprint density at radius 1 is 1.20 bits per heavy atom. The highest BCUT2D eigenvalue weighted by Crippen LogP contribution is 2.31. The Morgan fingerprint density at radius 2 is 2.04 bits per heavy atom. The number of aromatic amines is 1. The lowest BCUT2D eigenvalue weighted by Gasteiger charge is -2.04. The molecule has 25 heavy (non-hydrogen) atoms. The first-order chi connectivity index (χ1) is 11.9. The molecule has 0 saturated carbocycles. The van der Waals surface area contributed by atoms with Crippen LogP contribution in [0.15, 0.2) is 35.7 Å². The minimum atomic E-state index is -5.12. The second-order valence-corrected chi connectivity index (χ2v) is 6.00. The summed E-state index contributed by atoms with van der Waals surface area (Å²) in [7, 11) is 0. The van der Waals surface area contributed by atoms with Crippen molar-refractivity contribution in [3.63, 3.8) is 0 Å². The van der Waals surface area contributed by atoms with Crippen molar-refractivity contribution in [3.05, 3.63) is 35.7 Å². The van der Waals surface area contributed by atoms with Gasteiger partial charge in [-0.1, -0.05) is 12.1 Å². The number of nitrogens with one attached hydrogen (secondary N) is 1. The van der Waals surface area contributed by atoms with E-state index in [4.69, 9.17) is 0 Å². The van der Waals surface area contributed by atoms with Gasteiger partial charge in [-0.25, -0.2) is 4.79 Å². The van der Waals surface area contributed by atoms with Gasteiger partial charge in [0.15, 0.2) is 5.52 Å². The van der Waals surface area contributed by atoms with E-state index in [9.17, 15) is 18.0 Å². The summed E-state index contributed by atoms with van der Waals surface area (Å²) in [6, 6.07) is 9.32. The van der Waals surface area contributed by atoms with Gasteiger partial charge >= 0.3 is 12.1 Å². The second kappa shape index (κ2) is 5.52. The van der Waals surface area contributed by atoms with Gasteiger partial charge in [0.1, 0.15) is 0 Å². The SMILES string of the molecule is O=C(Oc1n[nH]c2c1nnc1cc(-c3cccs3)ccc12)C(F)(F)F. The Morgan fingerprint density at radius 3 is 2.76 bits per heavy atom. The van der Waals surface area contributed by atoms with E-state index in [1.165, 1.54) is 0 Å². The van der Waals surface area contributed by atoms with E-state index in [2.05, 4.69) is 25.1 Å². The van der Waals surface area contributed by atoms with E-state index in [0.29, 0.717) is 16.4 Å². The van der Waals surface area contributed by atoms with Gasteiger partial charge in [0, 0.05) is 10.3 Å². The molecule has 3 heterocycles. The third-order valence-corrected chi connectivity index (χ3v) is 4.38. The van der Waals surface area contributed by atoms with Crippen LogP contribution < -0.4 is 4.74 Å². The number of fused-ring (bicyclic) bond motifs is 3. The van der Waals surface area contributed by atoms with Crippen LogP contribution in [0.1, 0.15) is 0 Å². The Hall–Kier alpha value is -3.01. The molecule has 0 saturated heterocycles. The summed E-state index contributed by atoms with van der Waals surface area (Å²) in [5.41, 5.74) is 1.77. The minimum Gasteiger partial charge on any atom is -0.397 e. The zero-order chi connectivity index (χ0) is 17.6. The smallest absolute Gasteiger partial charge is 0.397 e. The standard InChI is InChI=1S/C15H7F3N4O2S/c16-15(17,18)14(23)24-13-12-11(20-22-13)8-4-3-7(6-9(8)19-21-12)10-2-1-5-25-10/h1-6H,(H,20,22). The molecule has 0 unspecified atom stereocenters. The molecular formula is C15H7F3N4O2S. The highest BCUT2D eigenvalue weighted by molar-refractivity contribution is 7.13. The molecule has 0 fully saturated rings. The van der Waals surface area contributed by atoms with Gasteiger partial charge in [-0.3, -0.25) is 5.10 Å². The van der Waals surface area contributed by atoms with Crippen LogP contribution in [0.3, 0.4) is 0 Å². The van der Waals surface area contributed by atoms with Crippen LogP contribution in [0.5, 0.6) is 5.88 Å². The number of benzene rings is 1. The fourth-order valence-corrected chi connectivity index (χ4v) is 3.07. The molecule has 6 nitrogen and oxygen atoms in total. The molecule has 0 spiro atoms. The molecule has 1 aromatic carbocycles.